The molecule has 7 nitrogen and oxygen atoms in total. The quantitative estimate of drug-likeness (QED) is 0.379. The van der Waals surface area contributed by atoms with Gasteiger partial charge in [0.05, 0.1) is 12.2 Å². The summed E-state index contributed by atoms with van der Waals surface area (Å²) in [5.74, 6) is 0.485. The van der Waals surface area contributed by atoms with Crippen molar-refractivity contribution in [1.29, 1.82) is 0 Å². The average molecular weight is 421 g/mol. The van der Waals surface area contributed by atoms with Crippen LogP contribution in [0.25, 0.3) is 0 Å². The molecule has 0 aliphatic heterocycles. The number of para-hydroxylation sites is 1. The molecule has 162 valence electrons. The Morgan fingerprint density at radius 3 is 2.48 bits per heavy atom. The summed E-state index contributed by atoms with van der Waals surface area (Å²) in [6, 6.07) is 20.0. The number of carbonyl (C=O) groups excluding carboxylic acids is 1. The predicted molar refractivity (Wildman–Crippen MR) is 119 cm³/mol. The van der Waals surface area contributed by atoms with Gasteiger partial charge in [0, 0.05) is 30.7 Å². The molecular weight excluding hydrogens is 394 g/mol. The Hall–Kier alpha value is -3.26. The lowest BCUT2D eigenvalue weighted by Crippen LogP contribution is -2.41. The SMILES string of the molecule is O=C(Nc1ccc(C[C@@H](CO)NC[C@H](O)COc2ccccc2)cc1)c1cccnc1. The third kappa shape index (κ3) is 7.49. The highest BCUT2D eigenvalue weighted by Crippen LogP contribution is 2.13. The van der Waals surface area contributed by atoms with E-state index in [0.717, 1.165) is 5.56 Å². The number of hydrogen-bond donors (Lipinski definition) is 4. The number of carbonyl (C=O) groups is 1. The Balaban J connectivity index is 1.43. The summed E-state index contributed by atoms with van der Waals surface area (Å²) in [6.45, 7) is 0.406. The molecule has 0 saturated carbocycles. The van der Waals surface area contributed by atoms with Gasteiger partial charge in [0.2, 0.25) is 0 Å². The summed E-state index contributed by atoms with van der Waals surface area (Å²) in [5, 5.41) is 25.8. The van der Waals surface area contributed by atoms with E-state index in [2.05, 4.69) is 15.6 Å². The first-order valence-electron chi connectivity index (χ1n) is 10.1. The topological polar surface area (TPSA) is 104 Å². The lowest BCUT2D eigenvalue weighted by molar-refractivity contribution is 0.0997. The van der Waals surface area contributed by atoms with Gasteiger partial charge in [0.15, 0.2) is 0 Å². The lowest BCUT2D eigenvalue weighted by Gasteiger charge is -2.19. The molecule has 7 heteroatoms. The van der Waals surface area contributed by atoms with Gasteiger partial charge in [-0.15, -0.1) is 0 Å². The summed E-state index contributed by atoms with van der Waals surface area (Å²) >= 11 is 0. The highest BCUT2D eigenvalue weighted by molar-refractivity contribution is 6.03. The normalized spacial score (nSPS) is 12.7. The summed E-state index contributed by atoms with van der Waals surface area (Å²) < 4.78 is 5.54. The molecule has 4 N–H and O–H groups in total. The van der Waals surface area contributed by atoms with Gasteiger partial charge in [-0.2, -0.15) is 0 Å². The molecule has 2 atom stereocenters. The molecule has 1 amide bonds. The van der Waals surface area contributed by atoms with Crippen molar-refractivity contribution in [2.75, 3.05) is 25.1 Å². The molecule has 31 heavy (non-hydrogen) atoms. The molecule has 0 unspecified atom stereocenters. The first kappa shape index (κ1) is 22.4. The van der Waals surface area contributed by atoms with Crippen LogP contribution in [-0.4, -0.2) is 53.0 Å². The third-order valence-electron chi connectivity index (χ3n) is 4.67. The molecule has 0 radical (unpaired) electrons. The number of anilines is 1. The van der Waals surface area contributed by atoms with E-state index in [1.807, 2.05) is 54.6 Å². The minimum Gasteiger partial charge on any atom is -0.491 e. The van der Waals surface area contributed by atoms with Crippen LogP contribution in [0.1, 0.15) is 15.9 Å². The molecule has 0 spiro atoms. The number of ether oxygens (including phenoxy) is 1. The smallest absolute Gasteiger partial charge is 0.257 e. The Bertz CT molecular complexity index is 921. The van der Waals surface area contributed by atoms with Crippen molar-refractivity contribution in [1.82, 2.24) is 10.3 Å². The third-order valence-corrected chi connectivity index (χ3v) is 4.67. The number of aromatic nitrogens is 1. The number of hydrogen-bond acceptors (Lipinski definition) is 6. The van der Waals surface area contributed by atoms with Gasteiger partial charge in [0.1, 0.15) is 18.5 Å². The van der Waals surface area contributed by atoms with Crippen molar-refractivity contribution in [2.45, 2.75) is 18.6 Å². The van der Waals surface area contributed by atoms with Crippen LogP contribution in [-0.2, 0) is 6.42 Å². The fourth-order valence-electron chi connectivity index (χ4n) is 2.98. The van der Waals surface area contributed by atoms with Gasteiger partial charge in [-0.1, -0.05) is 30.3 Å². The number of nitrogens with one attached hydrogen (secondary N) is 2. The van der Waals surface area contributed by atoms with Crippen molar-refractivity contribution >= 4 is 11.6 Å². The van der Waals surface area contributed by atoms with Gasteiger partial charge in [-0.25, -0.2) is 0 Å². The van der Waals surface area contributed by atoms with E-state index in [1.54, 1.807) is 18.3 Å². The van der Waals surface area contributed by atoms with E-state index in [0.29, 0.717) is 30.0 Å². The Kier molecular flexibility index (Phi) is 8.54. The molecule has 3 aromatic rings. The van der Waals surface area contributed by atoms with Crippen LogP contribution in [0, 0.1) is 0 Å². The zero-order valence-electron chi connectivity index (χ0n) is 17.1. The second-order valence-corrected chi connectivity index (χ2v) is 7.16. The predicted octanol–water partition coefficient (Wildman–Crippen LogP) is 2.27. The van der Waals surface area contributed by atoms with Gasteiger partial charge in [0.25, 0.3) is 5.91 Å². The monoisotopic (exact) mass is 421 g/mol. The first-order chi connectivity index (χ1) is 15.1. The molecule has 0 aliphatic rings. The van der Waals surface area contributed by atoms with E-state index < -0.39 is 6.10 Å². The number of pyridine rings is 1. The number of rotatable bonds is 11. The Morgan fingerprint density at radius 1 is 1.03 bits per heavy atom. The molecular formula is C24H27N3O4. The molecule has 1 aromatic heterocycles. The minimum absolute atomic E-state index is 0.0637. The standard InChI is InChI=1S/C24H27N3O4/c28-16-21(26-15-22(29)17-31-23-6-2-1-3-7-23)13-18-8-10-20(11-9-18)27-24(30)19-5-4-12-25-14-19/h1-12,14,21-22,26,28-29H,13,15-17H2,(H,27,30)/t21-,22-/m0/s1. The van der Waals surface area contributed by atoms with Gasteiger partial charge >= 0.3 is 0 Å². The largest absolute Gasteiger partial charge is 0.491 e. The van der Waals surface area contributed by atoms with Crippen molar-refractivity contribution in [2.24, 2.45) is 0 Å². The Labute approximate surface area is 181 Å². The molecule has 2 aromatic carbocycles. The van der Waals surface area contributed by atoms with Crippen LogP contribution in [0.3, 0.4) is 0 Å². The number of nitrogens with zero attached hydrogens (tertiary/aromatic N) is 1. The van der Waals surface area contributed by atoms with Gasteiger partial charge < -0.3 is 25.6 Å². The molecule has 0 saturated heterocycles. The molecule has 0 fully saturated rings. The van der Waals surface area contributed by atoms with E-state index in [1.165, 1.54) is 6.20 Å². The summed E-state index contributed by atoms with van der Waals surface area (Å²) in [5.41, 5.74) is 2.17. The van der Waals surface area contributed by atoms with E-state index in [-0.39, 0.29) is 25.2 Å². The Morgan fingerprint density at radius 2 is 1.81 bits per heavy atom. The van der Waals surface area contributed by atoms with Crippen molar-refractivity contribution in [3.8, 4) is 5.75 Å². The maximum absolute atomic E-state index is 12.2. The second kappa shape index (κ2) is 11.8. The lowest BCUT2D eigenvalue weighted by atomic mass is 10.1. The highest BCUT2D eigenvalue weighted by atomic mass is 16.5. The van der Waals surface area contributed by atoms with Crippen molar-refractivity contribution < 1.29 is 19.7 Å². The fourth-order valence-corrected chi connectivity index (χ4v) is 2.98. The number of benzene rings is 2. The molecule has 1 heterocycles. The molecule has 0 bridgehead atoms. The van der Waals surface area contributed by atoms with Crippen LogP contribution in [0.15, 0.2) is 79.1 Å². The van der Waals surface area contributed by atoms with Crippen LogP contribution in [0.5, 0.6) is 5.75 Å². The second-order valence-electron chi connectivity index (χ2n) is 7.16. The van der Waals surface area contributed by atoms with Gasteiger partial charge in [-0.3, -0.25) is 9.78 Å². The molecule has 0 aliphatic carbocycles. The summed E-state index contributed by atoms with van der Waals surface area (Å²) in [7, 11) is 0. The number of aliphatic hydroxyl groups is 2. The maximum Gasteiger partial charge on any atom is 0.257 e. The van der Waals surface area contributed by atoms with Crippen LogP contribution in [0.4, 0.5) is 5.69 Å². The maximum atomic E-state index is 12.2. The average Bonchev–Trinajstić information content (AvgIpc) is 2.82. The summed E-state index contributed by atoms with van der Waals surface area (Å²) in [4.78, 5) is 16.1. The van der Waals surface area contributed by atoms with E-state index in [4.69, 9.17) is 4.74 Å². The van der Waals surface area contributed by atoms with Crippen LogP contribution >= 0.6 is 0 Å². The van der Waals surface area contributed by atoms with E-state index >= 15 is 0 Å². The van der Waals surface area contributed by atoms with Crippen molar-refractivity contribution in [3.63, 3.8) is 0 Å². The van der Waals surface area contributed by atoms with E-state index in [9.17, 15) is 15.0 Å². The number of aliphatic hydroxyl groups excluding tert-OH is 2. The fraction of sp³-hybridized carbons (Fsp3) is 0.250. The van der Waals surface area contributed by atoms with Crippen molar-refractivity contribution in [3.05, 3.63) is 90.3 Å². The van der Waals surface area contributed by atoms with Crippen LogP contribution < -0.4 is 15.4 Å². The number of amides is 1. The highest BCUT2D eigenvalue weighted by Gasteiger charge is 2.12. The summed E-state index contributed by atoms with van der Waals surface area (Å²) in [6.07, 6.45) is 3.02. The van der Waals surface area contributed by atoms with Crippen LogP contribution in [0.2, 0.25) is 0 Å². The zero-order valence-corrected chi connectivity index (χ0v) is 17.1. The molecule has 3 rings (SSSR count). The minimum atomic E-state index is -0.695. The van der Waals surface area contributed by atoms with Gasteiger partial charge in [-0.05, 0) is 48.4 Å². The first-order valence-corrected chi connectivity index (χ1v) is 10.1. The zero-order chi connectivity index (χ0) is 21.9.